The van der Waals surface area contributed by atoms with Crippen LogP contribution in [0.25, 0.3) is 16.7 Å². The molecule has 1 atom stereocenters. The van der Waals surface area contributed by atoms with Crippen LogP contribution in [0.4, 0.5) is 5.82 Å². The second kappa shape index (κ2) is 7.44. The first-order valence-corrected chi connectivity index (χ1v) is 10.9. The number of hydrogen-bond donors (Lipinski definition) is 2. The zero-order valence-corrected chi connectivity index (χ0v) is 17.7. The van der Waals surface area contributed by atoms with Crippen LogP contribution in [0.5, 0.6) is 0 Å². The molecule has 0 bridgehead atoms. The Balaban J connectivity index is 1.83. The average molecular weight is 420 g/mol. The predicted molar refractivity (Wildman–Crippen MR) is 117 cm³/mol. The Kier molecular flexibility index (Phi) is 4.94. The van der Waals surface area contributed by atoms with Crippen LogP contribution in [-0.2, 0) is 10.0 Å². The molecular weight excluding hydrogens is 398 g/mol. The number of hydrogen-bond acceptors (Lipinski definition) is 5. The molecule has 4 rings (SSSR count). The average Bonchev–Trinajstić information content (AvgIpc) is 3.13. The van der Waals surface area contributed by atoms with Gasteiger partial charge in [-0.3, -0.25) is 4.40 Å². The van der Waals surface area contributed by atoms with Crippen molar-refractivity contribution >= 4 is 32.5 Å². The van der Waals surface area contributed by atoms with Gasteiger partial charge in [-0.15, -0.1) is 0 Å². The van der Waals surface area contributed by atoms with Crippen molar-refractivity contribution in [2.75, 3.05) is 12.4 Å². The maximum atomic E-state index is 12.2. The highest BCUT2D eigenvalue weighted by Crippen LogP contribution is 2.29. The Morgan fingerprint density at radius 2 is 1.90 bits per heavy atom. The number of aryl methyl sites for hydroxylation is 1. The molecule has 0 saturated heterocycles. The molecule has 0 saturated carbocycles. The number of anilines is 1. The first-order valence-electron chi connectivity index (χ1n) is 9.46. The van der Waals surface area contributed by atoms with Gasteiger partial charge in [0.1, 0.15) is 11.9 Å². The molecule has 0 aliphatic rings. The molecule has 1 unspecified atom stereocenters. The van der Waals surface area contributed by atoms with Gasteiger partial charge in [0.2, 0.25) is 10.0 Å². The highest BCUT2D eigenvalue weighted by Gasteiger charge is 2.18. The second-order valence-corrected chi connectivity index (χ2v) is 8.99. The molecule has 2 aromatic carbocycles. The van der Waals surface area contributed by atoms with E-state index < -0.39 is 10.0 Å². The fourth-order valence-corrected chi connectivity index (χ4v) is 4.36. The van der Waals surface area contributed by atoms with E-state index in [0.29, 0.717) is 11.2 Å². The summed E-state index contributed by atoms with van der Waals surface area (Å²) in [5.41, 5.74) is 4.47. The molecule has 152 valence electrons. The lowest BCUT2D eigenvalue weighted by Crippen LogP contribution is -2.19. The second-order valence-electron chi connectivity index (χ2n) is 7.11. The number of pyridine rings is 1. The van der Waals surface area contributed by atoms with Gasteiger partial charge in [-0.05, 0) is 62.4 Å². The molecule has 2 N–H and O–H groups in total. The molecule has 2 aromatic heterocycles. The summed E-state index contributed by atoms with van der Waals surface area (Å²) < 4.78 is 28.6. The molecule has 0 spiro atoms. The summed E-state index contributed by atoms with van der Waals surface area (Å²) in [4.78, 5) is 4.87. The van der Waals surface area contributed by atoms with Crippen LogP contribution < -0.4 is 10.0 Å². The first kappa shape index (κ1) is 19.9. The van der Waals surface area contributed by atoms with E-state index in [0.717, 1.165) is 28.0 Å². The van der Waals surface area contributed by atoms with Gasteiger partial charge >= 0.3 is 0 Å². The number of aromatic nitrogens is 2. The van der Waals surface area contributed by atoms with Crippen molar-refractivity contribution in [2.45, 2.75) is 24.8 Å². The lowest BCUT2D eigenvalue weighted by molar-refractivity contribution is 0.588. The summed E-state index contributed by atoms with van der Waals surface area (Å²) in [5.74, 6) is 0.782. The van der Waals surface area contributed by atoms with Crippen molar-refractivity contribution in [1.82, 2.24) is 14.1 Å². The summed E-state index contributed by atoms with van der Waals surface area (Å²) in [6.45, 7) is 3.84. The summed E-state index contributed by atoms with van der Waals surface area (Å²) in [6, 6.07) is 18.5. The van der Waals surface area contributed by atoms with Crippen molar-refractivity contribution in [3.8, 4) is 6.07 Å². The summed E-state index contributed by atoms with van der Waals surface area (Å²) in [6.07, 6.45) is 0. The third-order valence-corrected chi connectivity index (χ3v) is 6.60. The number of nitrogens with one attached hydrogen (secondary N) is 2. The molecule has 30 heavy (non-hydrogen) atoms. The summed E-state index contributed by atoms with van der Waals surface area (Å²) >= 11 is 0. The van der Waals surface area contributed by atoms with Gasteiger partial charge in [0.15, 0.2) is 5.65 Å². The van der Waals surface area contributed by atoms with E-state index in [9.17, 15) is 13.7 Å². The van der Waals surface area contributed by atoms with Crippen molar-refractivity contribution in [2.24, 2.45) is 0 Å². The minimum atomic E-state index is -3.53. The van der Waals surface area contributed by atoms with Crippen LogP contribution in [0.1, 0.15) is 29.7 Å². The Bertz CT molecular complexity index is 1420. The summed E-state index contributed by atoms with van der Waals surface area (Å²) in [7, 11) is -2.13. The Morgan fingerprint density at radius 3 is 2.63 bits per heavy atom. The van der Waals surface area contributed by atoms with Gasteiger partial charge in [-0.25, -0.2) is 18.1 Å². The zero-order chi connectivity index (χ0) is 21.5. The van der Waals surface area contributed by atoms with Gasteiger partial charge < -0.3 is 5.32 Å². The van der Waals surface area contributed by atoms with E-state index in [1.165, 1.54) is 7.05 Å². The Labute approximate surface area is 175 Å². The van der Waals surface area contributed by atoms with Crippen molar-refractivity contribution in [3.63, 3.8) is 0 Å². The van der Waals surface area contributed by atoms with E-state index in [4.69, 9.17) is 0 Å². The number of rotatable bonds is 5. The topological polar surface area (TPSA) is 99.3 Å². The minimum absolute atomic E-state index is 0.186. The maximum Gasteiger partial charge on any atom is 0.240 e. The minimum Gasteiger partial charge on any atom is -0.365 e. The molecule has 0 aliphatic carbocycles. The van der Waals surface area contributed by atoms with Gasteiger partial charge in [-0.1, -0.05) is 24.3 Å². The standard InChI is InChI=1S/C22H21N5O2S/c1-14-11-21(25-15(2)16-7-6-8-17(12-16)30(28,29)24-3)27-20-10-5-4-9-19(20)26-22(27)18(14)13-23/h4-12,15,24-25H,1-3H3. The van der Waals surface area contributed by atoms with E-state index >= 15 is 0 Å². The number of nitriles is 1. The molecule has 2 heterocycles. The van der Waals surface area contributed by atoms with Crippen LogP contribution in [0.2, 0.25) is 0 Å². The van der Waals surface area contributed by atoms with Crippen LogP contribution in [0.3, 0.4) is 0 Å². The van der Waals surface area contributed by atoms with Gasteiger partial charge in [0, 0.05) is 6.04 Å². The number of para-hydroxylation sites is 2. The van der Waals surface area contributed by atoms with Crippen LogP contribution in [0.15, 0.2) is 59.5 Å². The van der Waals surface area contributed by atoms with Crippen LogP contribution in [-0.4, -0.2) is 24.9 Å². The molecule has 0 aliphatic heterocycles. The highest BCUT2D eigenvalue weighted by molar-refractivity contribution is 7.89. The largest absolute Gasteiger partial charge is 0.365 e. The normalized spacial score (nSPS) is 12.7. The lowest BCUT2D eigenvalue weighted by Gasteiger charge is -2.19. The van der Waals surface area contributed by atoms with Gasteiger partial charge in [-0.2, -0.15) is 5.26 Å². The molecule has 0 amide bonds. The zero-order valence-electron chi connectivity index (χ0n) is 16.8. The molecule has 0 radical (unpaired) electrons. The third-order valence-electron chi connectivity index (χ3n) is 5.19. The molecular formula is C22H21N5O2S. The quantitative estimate of drug-likeness (QED) is 0.513. The fourth-order valence-electron chi connectivity index (χ4n) is 3.57. The van der Waals surface area contributed by atoms with E-state index in [1.54, 1.807) is 18.2 Å². The summed E-state index contributed by atoms with van der Waals surface area (Å²) in [5, 5.41) is 13.1. The molecule has 4 aromatic rings. The first-order chi connectivity index (χ1) is 14.4. The fraction of sp³-hybridized carbons (Fsp3) is 0.182. The van der Waals surface area contributed by atoms with E-state index in [2.05, 4.69) is 21.1 Å². The molecule has 0 fully saturated rings. The number of nitrogens with zero attached hydrogens (tertiary/aromatic N) is 3. The van der Waals surface area contributed by atoms with Crippen molar-refractivity contribution < 1.29 is 8.42 Å². The van der Waals surface area contributed by atoms with Gasteiger partial charge in [0.25, 0.3) is 0 Å². The van der Waals surface area contributed by atoms with E-state index in [-0.39, 0.29) is 10.9 Å². The Hall–Kier alpha value is -3.41. The van der Waals surface area contributed by atoms with Crippen LogP contribution >= 0.6 is 0 Å². The third kappa shape index (κ3) is 3.28. The number of sulfonamides is 1. The number of fused-ring (bicyclic) bond motifs is 3. The SMILES string of the molecule is CNS(=O)(=O)c1cccc(C(C)Nc2cc(C)c(C#N)c3nc4ccccc4n23)c1. The maximum absolute atomic E-state index is 12.2. The predicted octanol–water partition coefficient (Wildman–Crippen LogP) is 3.75. The van der Waals surface area contributed by atoms with E-state index in [1.807, 2.05) is 54.6 Å². The Morgan fingerprint density at radius 1 is 1.13 bits per heavy atom. The van der Waals surface area contributed by atoms with Crippen LogP contribution in [0, 0.1) is 18.3 Å². The number of benzene rings is 2. The molecule has 7 nitrogen and oxygen atoms in total. The van der Waals surface area contributed by atoms with Crippen molar-refractivity contribution in [3.05, 3.63) is 71.3 Å². The lowest BCUT2D eigenvalue weighted by atomic mass is 10.1. The van der Waals surface area contributed by atoms with Gasteiger partial charge in [0.05, 0.1) is 21.5 Å². The number of imidazole rings is 1. The highest BCUT2D eigenvalue weighted by atomic mass is 32.2. The smallest absolute Gasteiger partial charge is 0.240 e. The van der Waals surface area contributed by atoms with Crippen molar-refractivity contribution in [1.29, 1.82) is 5.26 Å². The monoisotopic (exact) mass is 419 g/mol. The molecule has 8 heteroatoms.